The first-order chi connectivity index (χ1) is 10.9. The van der Waals surface area contributed by atoms with Gasteiger partial charge in [0.25, 0.3) is 0 Å². The highest BCUT2D eigenvalue weighted by Gasteiger charge is 2.21. The fraction of sp³-hybridized carbons (Fsp3) is 0.263. The molecule has 2 amide bonds. The van der Waals surface area contributed by atoms with Gasteiger partial charge in [0.2, 0.25) is 0 Å². The third kappa shape index (κ3) is 4.33. The topological polar surface area (TPSA) is 64.9 Å². The molecular formula is C19H21N3O. The molecule has 0 radical (unpaired) electrons. The van der Waals surface area contributed by atoms with E-state index in [-0.39, 0.29) is 11.4 Å². The summed E-state index contributed by atoms with van der Waals surface area (Å²) >= 11 is 0. The molecule has 2 N–H and O–H groups in total. The van der Waals surface area contributed by atoms with Crippen LogP contribution in [0.4, 0.5) is 10.5 Å². The highest BCUT2D eigenvalue weighted by Crippen LogP contribution is 2.22. The number of aryl methyl sites for hydroxylation is 1. The molecule has 0 heterocycles. The molecular weight excluding hydrogens is 286 g/mol. The van der Waals surface area contributed by atoms with Crippen LogP contribution in [0.1, 0.15) is 30.5 Å². The lowest BCUT2D eigenvalue weighted by atomic mass is 9.84. The van der Waals surface area contributed by atoms with Gasteiger partial charge in [-0.2, -0.15) is 5.26 Å². The van der Waals surface area contributed by atoms with Crippen LogP contribution in [0.25, 0.3) is 0 Å². The predicted octanol–water partition coefficient (Wildman–Crippen LogP) is 3.97. The number of amides is 2. The summed E-state index contributed by atoms with van der Waals surface area (Å²) in [6.07, 6.45) is 0. The number of carbonyl (C=O) groups is 1. The largest absolute Gasteiger partial charge is 0.337 e. The van der Waals surface area contributed by atoms with Crippen molar-refractivity contribution in [2.45, 2.75) is 26.2 Å². The summed E-state index contributed by atoms with van der Waals surface area (Å²) in [5.41, 5.74) is 3.16. The second kappa shape index (κ2) is 6.97. The number of benzene rings is 2. The van der Waals surface area contributed by atoms with Crippen molar-refractivity contribution < 1.29 is 4.79 Å². The number of hydrogen-bond donors (Lipinski definition) is 2. The zero-order valence-electron chi connectivity index (χ0n) is 13.7. The first kappa shape index (κ1) is 16.6. The lowest BCUT2D eigenvalue weighted by molar-refractivity contribution is 0.249. The number of anilines is 1. The second-order valence-corrected chi connectivity index (χ2v) is 6.21. The third-order valence-corrected chi connectivity index (χ3v) is 3.82. The minimum Gasteiger partial charge on any atom is -0.337 e. The van der Waals surface area contributed by atoms with Crippen LogP contribution in [-0.2, 0) is 5.41 Å². The minimum atomic E-state index is -0.312. The molecule has 2 rings (SSSR count). The summed E-state index contributed by atoms with van der Waals surface area (Å²) in [5, 5.41) is 14.6. The van der Waals surface area contributed by atoms with Crippen molar-refractivity contribution in [3.05, 3.63) is 65.2 Å². The van der Waals surface area contributed by atoms with Crippen LogP contribution in [-0.4, -0.2) is 12.6 Å². The van der Waals surface area contributed by atoms with E-state index in [1.165, 1.54) is 11.1 Å². The standard InChI is InChI=1S/C19H21N3O/c1-14-8-10-16(11-9-14)19(2,3)13-21-18(23)22-17-7-5-4-6-15(17)12-20/h4-11H,13H2,1-3H3,(H2,21,22,23). The van der Waals surface area contributed by atoms with Gasteiger partial charge in [-0.05, 0) is 24.6 Å². The number of urea groups is 1. The van der Waals surface area contributed by atoms with Gasteiger partial charge in [0.05, 0.1) is 11.3 Å². The monoisotopic (exact) mass is 307 g/mol. The van der Waals surface area contributed by atoms with E-state index in [0.29, 0.717) is 17.8 Å². The number of nitriles is 1. The van der Waals surface area contributed by atoms with Crippen molar-refractivity contribution in [1.82, 2.24) is 5.32 Å². The minimum absolute atomic E-state index is 0.181. The number of nitrogens with zero attached hydrogens (tertiary/aromatic N) is 1. The van der Waals surface area contributed by atoms with E-state index in [0.717, 1.165) is 0 Å². The number of hydrogen-bond acceptors (Lipinski definition) is 2. The Morgan fingerprint density at radius 3 is 2.43 bits per heavy atom. The maximum Gasteiger partial charge on any atom is 0.319 e. The van der Waals surface area contributed by atoms with E-state index in [4.69, 9.17) is 5.26 Å². The van der Waals surface area contributed by atoms with Crippen LogP contribution >= 0.6 is 0 Å². The lowest BCUT2D eigenvalue weighted by Gasteiger charge is -2.26. The fourth-order valence-electron chi connectivity index (χ4n) is 2.26. The van der Waals surface area contributed by atoms with Gasteiger partial charge in [0.1, 0.15) is 6.07 Å². The zero-order chi connectivity index (χ0) is 16.9. The van der Waals surface area contributed by atoms with Crippen molar-refractivity contribution in [1.29, 1.82) is 5.26 Å². The molecule has 23 heavy (non-hydrogen) atoms. The first-order valence-corrected chi connectivity index (χ1v) is 7.53. The molecule has 0 aliphatic heterocycles. The van der Waals surface area contributed by atoms with Gasteiger partial charge in [0, 0.05) is 12.0 Å². The molecule has 4 nitrogen and oxygen atoms in total. The summed E-state index contributed by atoms with van der Waals surface area (Å²) in [6.45, 7) is 6.72. The van der Waals surface area contributed by atoms with Gasteiger partial charge in [0.15, 0.2) is 0 Å². The molecule has 0 unspecified atom stereocenters. The van der Waals surface area contributed by atoms with Crippen molar-refractivity contribution in [2.75, 3.05) is 11.9 Å². The average Bonchev–Trinajstić information content (AvgIpc) is 2.54. The molecule has 0 aromatic heterocycles. The Morgan fingerprint density at radius 2 is 1.78 bits per heavy atom. The smallest absolute Gasteiger partial charge is 0.319 e. The van der Waals surface area contributed by atoms with Crippen LogP contribution in [0.3, 0.4) is 0 Å². The number of nitrogens with one attached hydrogen (secondary N) is 2. The van der Waals surface area contributed by atoms with E-state index in [1.54, 1.807) is 24.3 Å². The van der Waals surface area contributed by atoms with Crippen LogP contribution < -0.4 is 10.6 Å². The third-order valence-electron chi connectivity index (χ3n) is 3.82. The van der Waals surface area contributed by atoms with Crippen molar-refractivity contribution >= 4 is 11.7 Å². The molecule has 2 aromatic carbocycles. The molecule has 118 valence electrons. The summed E-state index contributed by atoms with van der Waals surface area (Å²) in [4.78, 5) is 12.1. The molecule has 0 aliphatic rings. The van der Waals surface area contributed by atoms with E-state index >= 15 is 0 Å². The Balaban J connectivity index is 1.98. The van der Waals surface area contributed by atoms with Crippen LogP contribution in [0.2, 0.25) is 0 Å². The Morgan fingerprint density at radius 1 is 1.13 bits per heavy atom. The number of para-hydroxylation sites is 1. The van der Waals surface area contributed by atoms with Crippen molar-refractivity contribution in [3.8, 4) is 6.07 Å². The summed E-state index contributed by atoms with van der Waals surface area (Å²) < 4.78 is 0. The molecule has 0 fully saturated rings. The molecule has 0 aliphatic carbocycles. The highest BCUT2D eigenvalue weighted by atomic mass is 16.2. The van der Waals surface area contributed by atoms with Gasteiger partial charge in [-0.25, -0.2) is 4.79 Å². The molecule has 0 saturated carbocycles. The quantitative estimate of drug-likeness (QED) is 0.897. The van der Waals surface area contributed by atoms with Gasteiger partial charge < -0.3 is 10.6 Å². The Labute approximate surface area is 137 Å². The molecule has 0 saturated heterocycles. The molecule has 2 aromatic rings. The molecule has 0 atom stereocenters. The van der Waals surface area contributed by atoms with E-state index in [2.05, 4.69) is 61.7 Å². The van der Waals surface area contributed by atoms with Crippen molar-refractivity contribution in [2.24, 2.45) is 0 Å². The highest BCUT2D eigenvalue weighted by molar-refractivity contribution is 5.90. The van der Waals surface area contributed by atoms with Gasteiger partial charge in [-0.1, -0.05) is 55.8 Å². The summed E-state index contributed by atoms with van der Waals surface area (Å²) in [6, 6.07) is 17.0. The Kier molecular flexibility index (Phi) is 5.02. The van der Waals surface area contributed by atoms with Gasteiger partial charge >= 0.3 is 6.03 Å². The van der Waals surface area contributed by atoms with E-state index < -0.39 is 0 Å². The molecule has 0 bridgehead atoms. The maximum absolute atomic E-state index is 12.1. The zero-order valence-corrected chi connectivity index (χ0v) is 13.7. The SMILES string of the molecule is Cc1ccc(C(C)(C)CNC(=O)Nc2ccccc2C#N)cc1. The normalized spacial score (nSPS) is 10.7. The molecule has 4 heteroatoms. The number of carbonyl (C=O) groups excluding carboxylic acids is 1. The predicted molar refractivity (Wildman–Crippen MR) is 92.4 cm³/mol. The summed E-state index contributed by atoms with van der Waals surface area (Å²) in [5.74, 6) is 0. The second-order valence-electron chi connectivity index (χ2n) is 6.21. The van der Waals surface area contributed by atoms with Crippen LogP contribution in [0.15, 0.2) is 48.5 Å². The van der Waals surface area contributed by atoms with E-state index in [1.807, 2.05) is 0 Å². The fourth-order valence-corrected chi connectivity index (χ4v) is 2.26. The average molecular weight is 307 g/mol. The Bertz CT molecular complexity index is 727. The lowest BCUT2D eigenvalue weighted by Crippen LogP contribution is -2.39. The van der Waals surface area contributed by atoms with Gasteiger partial charge in [-0.15, -0.1) is 0 Å². The summed E-state index contributed by atoms with van der Waals surface area (Å²) in [7, 11) is 0. The maximum atomic E-state index is 12.1. The molecule has 0 spiro atoms. The Hall–Kier alpha value is -2.80. The first-order valence-electron chi connectivity index (χ1n) is 7.53. The number of rotatable bonds is 4. The van der Waals surface area contributed by atoms with E-state index in [9.17, 15) is 4.79 Å². The van der Waals surface area contributed by atoms with Gasteiger partial charge in [-0.3, -0.25) is 0 Å². The van der Waals surface area contributed by atoms with Crippen molar-refractivity contribution in [3.63, 3.8) is 0 Å². The van der Waals surface area contributed by atoms with Crippen LogP contribution in [0.5, 0.6) is 0 Å². The van der Waals surface area contributed by atoms with Crippen LogP contribution in [0, 0.1) is 18.3 Å².